The quantitative estimate of drug-likeness (QED) is 0.889. The van der Waals surface area contributed by atoms with Crippen LogP contribution in [0.5, 0.6) is 0 Å². The van der Waals surface area contributed by atoms with E-state index in [1.54, 1.807) is 0 Å². The van der Waals surface area contributed by atoms with Crippen LogP contribution in [-0.2, 0) is 11.2 Å². The van der Waals surface area contributed by atoms with Crippen LogP contribution in [0.4, 0.5) is 5.69 Å². The van der Waals surface area contributed by atoms with E-state index < -0.39 is 0 Å². The van der Waals surface area contributed by atoms with Gasteiger partial charge in [0.1, 0.15) is 6.04 Å². The largest absolute Gasteiger partial charge is 0.373 e. The first-order chi connectivity index (χ1) is 10.3. The van der Waals surface area contributed by atoms with Crippen molar-refractivity contribution in [3.63, 3.8) is 0 Å². The fraction of sp³-hybridized carbons (Fsp3) is 0.611. The zero-order valence-corrected chi connectivity index (χ0v) is 12.9. The first-order valence-electron chi connectivity index (χ1n) is 8.41. The SMILES string of the molecule is CCCC1CCC(NC(=O)[C@@H]2Cc3ccccc3N2)CC1. The molecule has 3 nitrogen and oxygen atoms in total. The van der Waals surface area contributed by atoms with Gasteiger partial charge in [-0.25, -0.2) is 0 Å². The van der Waals surface area contributed by atoms with Crippen molar-refractivity contribution in [2.75, 3.05) is 5.32 Å². The lowest BCUT2D eigenvalue weighted by molar-refractivity contribution is -0.122. The van der Waals surface area contributed by atoms with Crippen molar-refractivity contribution >= 4 is 11.6 Å². The molecular formula is C18H26N2O. The Labute approximate surface area is 127 Å². The van der Waals surface area contributed by atoms with E-state index in [-0.39, 0.29) is 11.9 Å². The number of para-hydroxylation sites is 1. The summed E-state index contributed by atoms with van der Waals surface area (Å²) < 4.78 is 0. The highest BCUT2D eigenvalue weighted by atomic mass is 16.2. The number of nitrogens with one attached hydrogen (secondary N) is 2. The van der Waals surface area contributed by atoms with Gasteiger partial charge in [0.25, 0.3) is 0 Å². The van der Waals surface area contributed by atoms with E-state index in [1.165, 1.54) is 31.2 Å². The minimum Gasteiger partial charge on any atom is -0.373 e. The lowest BCUT2D eigenvalue weighted by atomic mass is 9.83. The summed E-state index contributed by atoms with van der Waals surface area (Å²) in [6, 6.07) is 8.51. The summed E-state index contributed by atoms with van der Waals surface area (Å²) in [5.74, 6) is 1.06. The Morgan fingerprint density at radius 2 is 2.00 bits per heavy atom. The minimum absolute atomic E-state index is 0.0873. The number of hydrogen-bond acceptors (Lipinski definition) is 2. The van der Waals surface area contributed by atoms with E-state index in [0.29, 0.717) is 6.04 Å². The molecule has 0 bridgehead atoms. The van der Waals surface area contributed by atoms with Crippen molar-refractivity contribution < 1.29 is 4.79 Å². The van der Waals surface area contributed by atoms with E-state index in [2.05, 4.69) is 29.7 Å². The van der Waals surface area contributed by atoms with Crippen LogP contribution in [-0.4, -0.2) is 18.0 Å². The molecule has 2 N–H and O–H groups in total. The maximum absolute atomic E-state index is 12.4. The molecule has 1 aliphatic heterocycles. The Bertz CT molecular complexity index is 467. The van der Waals surface area contributed by atoms with Crippen LogP contribution >= 0.6 is 0 Å². The summed E-state index contributed by atoms with van der Waals surface area (Å²) in [5, 5.41) is 6.60. The molecular weight excluding hydrogens is 260 g/mol. The van der Waals surface area contributed by atoms with Gasteiger partial charge in [-0.05, 0) is 43.2 Å². The van der Waals surface area contributed by atoms with Gasteiger partial charge in [-0.1, -0.05) is 38.0 Å². The highest BCUT2D eigenvalue weighted by molar-refractivity contribution is 5.87. The van der Waals surface area contributed by atoms with Crippen LogP contribution in [0.1, 0.15) is 51.0 Å². The van der Waals surface area contributed by atoms with Crippen LogP contribution < -0.4 is 10.6 Å². The molecule has 1 saturated carbocycles. The number of carbonyl (C=O) groups excluding carboxylic acids is 1. The maximum Gasteiger partial charge on any atom is 0.243 e. The van der Waals surface area contributed by atoms with E-state index in [4.69, 9.17) is 0 Å². The highest BCUT2D eigenvalue weighted by Crippen LogP contribution is 2.29. The van der Waals surface area contributed by atoms with Crippen LogP contribution in [0.15, 0.2) is 24.3 Å². The molecule has 1 fully saturated rings. The summed E-state index contributed by atoms with van der Waals surface area (Å²) in [6.45, 7) is 2.26. The summed E-state index contributed by atoms with van der Waals surface area (Å²) in [7, 11) is 0. The number of hydrogen-bond donors (Lipinski definition) is 2. The van der Waals surface area contributed by atoms with Crippen LogP contribution in [0, 0.1) is 5.92 Å². The predicted molar refractivity (Wildman–Crippen MR) is 86.4 cm³/mol. The zero-order chi connectivity index (χ0) is 14.7. The average Bonchev–Trinajstić information content (AvgIpc) is 2.94. The molecule has 1 aromatic carbocycles. The average molecular weight is 286 g/mol. The molecule has 0 spiro atoms. The molecule has 0 saturated heterocycles. The lowest BCUT2D eigenvalue weighted by Crippen LogP contribution is -2.45. The normalized spacial score (nSPS) is 27.8. The molecule has 1 heterocycles. The Morgan fingerprint density at radius 1 is 1.24 bits per heavy atom. The molecule has 0 radical (unpaired) electrons. The number of fused-ring (bicyclic) bond motifs is 1. The summed E-state index contributed by atoms with van der Waals surface area (Å²) in [6.07, 6.45) is 8.29. The van der Waals surface area contributed by atoms with Crippen molar-refractivity contribution in [3.8, 4) is 0 Å². The number of benzene rings is 1. The van der Waals surface area contributed by atoms with Gasteiger partial charge < -0.3 is 10.6 Å². The molecule has 1 amide bonds. The van der Waals surface area contributed by atoms with Crippen molar-refractivity contribution in [2.45, 2.75) is 64.0 Å². The molecule has 114 valence electrons. The van der Waals surface area contributed by atoms with Crippen molar-refractivity contribution in [2.24, 2.45) is 5.92 Å². The van der Waals surface area contributed by atoms with E-state index >= 15 is 0 Å². The second-order valence-electron chi connectivity index (χ2n) is 6.57. The van der Waals surface area contributed by atoms with Crippen LogP contribution in [0.3, 0.4) is 0 Å². The second-order valence-corrected chi connectivity index (χ2v) is 6.57. The topological polar surface area (TPSA) is 41.1 Å². The zero-order valence-electron chi connectivity index (χ0n) is 12.9. The fourth-order valence-electron chi connectivity index (χ4n) is 3.76. The van der Waals surface area contributed by atoms with Gasteiger partial charge in [0, 0.05) is 18.2 Å². The van der Waals surface area contributed by atoms with Gasteiger partial charge in [-0.2, -0.15) is 0 Å². The molecule has 0 unspecified atom stereocenters. The molecule has 1 aliphatic carbocycles. The Kier molecular flexibility index (Phi) is 4.47. The lowest BCUT2D eigenvalue weighted by Gasteiger charge is -2.29. The summed E-state index contributed by atoms with van der Waals surface area (Å²) in [5.41, 5.74) is 2.37. The minimum atomic E-state index is -0.0873. The number of carbonyl (C=O) groups is 1. The third-order valence-electron chi connectivity index (χ3n) is 4.98. The highest BCUT2D eigenvalue weighted by Gasteiger charge is 2.29. The Balaban J connectivity index is 1.48. The van der Waals surface area contributed by atoms with Crippen LogP contribution in [0.25, 0.3) is 0 Å². The van der Waals surface area contributed by atoms with Crippen molar-refractivity contribution in [1.82, 2.24) is 5.32 Å². The summed E-state index contributed by atoms with van der Waals surface area (Å²) >= 11 is 0. The molecule has 2 aliphatic rings. The third kappa shape index (κ3) is 3.39. The monoisotopic (exact) mass is 286 g/mol. The van der Waals surface area contributed by atoms with E-state index in [1.807, 2.05) is 12.1 Å². The third-order valence-corrected chi connectivity index (χ3v) is 4.98. The van der Waals surface area contributed by atoms with Gasteiger partial charge in [0.05, 0.1) is 0 Å². The smallest absolute Gasteiger partial charge is 0.243 e. The molecule has 21 heavy (non-hydrogen) atoms. The molecule has 1 aromatic rings. The van der Waals surface area contributed by atoms with Crippen molar-refractivity contribution in [1.29, 1.82) is 0 Å². The fourth-order valence-corrected chi connectivity index (χ4v) is 3.76. The summed E-state index contributed by atoms with van der Waals surface area (Å²) in [4.78, 5) is 12.4. The van der Waals surface area contributed by atoms with E-state index in [0.717, 1.165) is 30.9 Å². The predicted octanol–water partition coefficient (Wildman–Crippen LogP) is 3.50. The first kappa shape index (κ1) is 14.4. The molecule has 3 rings (SSSR count). The molecule has 0 aromatic heterocycles. The first-order valence-corrected chi connectivity index (χ1v) is 8.41. The van der Waals surface area contributed by atoms with Crippen molar-refractivity contribution in [3.05, 3.63) is 29.8 Å². The van der Waals surface area contributed by atoms with E-state index in [9.17, 15) is 4.79 Å². The van der Waals surface area contributed by atoms with Gasteiger partial charge in [-0.3, -0.25) is 4.79 Å². The van der Waals surface area contributed by atoms with Crippen LogP contribution in [0.2, 0.25) is 0 Å². The standard InChI is InChI=1S/C18H26N2O/c1-2-5-13-8-10-15(11-9-13)19-18(21)17-12-14-6-3-4-7-16(14)20-17/h3-4,6-7,13,15,17,20H,2,5,8-12H2,1H3,(H,19,21)/t13?,15?,17-/m0/s1. The Hall–Kier alpha value is -1.51. The Morgan fingerprint density at radius 3 is 2.71 bits per heavy atom. The molecule has 3 heteroatoms. The van der Waals surface area contributed by atoms with Gasteiger partial charge in [-0.15, -0.1) is 0 Å². The van der Waals surface area contributed by atoms with Gasteiger partial charge >= 0.3 is 0 Å². The number of amides is 1. The maximum atomic E-state index is 12.4. The van der Waals surface area contributed by atoms with Gasteiger partial charge in [0.15, 0.2) is 0 Å². The second kappa shape index (κ2) is 6.50. The van der Waals surface area contributed by atoms with Gasteiger partial charge in [0.2, 0.25) is 5.91 Å². The number of rotatable bonds is 4. The number of anilines is 1. The molecule has 1 atom stereocenters.